The van der Waals surface area contributed by atoms with Crippen molar-refractivity contribution >= 4 is 12.1 Å². The van der Waals surface area contributed by atoms with E-state index in [-0.39, 0.29) is 17.9 Å². The van der Waals surface area contributed by atoms with Crippen LogP contribution >= 0.6 is 0 Å². The Kier molecular flexibility index (Phi) is 6.81. The number of amides is 1. The topological polar surface area (TPSA) is 73.9 Å². The fourth-order valence-electron chi connectivity index (χ4n) is 1.65. The van der Waals surface area contributed by atoms with Crippen molar-refractivity contribution in [3.8, 4) is 5.75 Å². The molecule has 1 rings (SSSR count). The number of halogens is 1. The first-order valence-electron chi connectivity index (χ1n) is 7.20. The fourth-order valence-corrected chi connectivity index (χ4v) is 1.65. The largest absolute Gasteiger partial charge is 0.493 e. The summed E-state index contributed by atoms with van der Waals surface area (Å²) in [6, 6.07) is 3.58. The molecule has 23 heavy (non-hydrogen) atoms. The molecule has 1 N–H and O–H groups in total. The van der Waals surface area contributed by atoms with Gasteiger partial charge in [-0.2, -0.15) is 0 Å². The maximum atomic E-state index is 13.2. The molecule has 1 aromatic carbocycles. The van der Waals surface area contributed by atoms with Crippen LogP contribution in [0.2, 0.25) is 0 Å². The lowest BCUT2D eigenvalue weighted by Crippen LogP contribution is -2.33. The Hall–Kier alpha value is -2.31. The standard InChI is InChI=1S/C16H22FNO5/c1-16(2,3)23-15(20)18-8-5-9-22-13-10-11(17)6-7-12(13)14(19)21-4/h6-7,10H,5,8-9H2,1-4H3,(H,18,20). The van der Waals surface area contributed by atoms with Gasteiger partial charge in [-0.15, -0.1) is 0 Å². The van der Waals surface area contributed by atoms with Crippen molar-refractivity contribution in [3.63, 3.8) is 0 Å². The molecule has 7 heteroatoms. The molecule has 0 saturated heterocycles. The van der Waals surface area contributed by atoms with Crippen molar-refractivity contribution in [1.82, 2.24) is 5.32 Å². The van der Waals surface area contributed by atoms with Crippen LogP contribution in [0, 0.1) is 5.82 Å². The second-order valence-electron chi connectivity index (χ2n) is 5.76. The minimum absolute atomic E-state index is 0.106. The maximum absolute atomic E-state index is 13.2. The van der Waals surface area contributed by atoms with Crippen molar-refractivity contribution in [2.24, 2.45) is 0 Å². The smallest absolute Gasteiger partial charge is 0.407 e. The maximum Gasteiger partial charge on any atom is 0.407 e. The number of esters is 1. The van der Waals surface area contributed by atoms with Crippen LogP contribution in [0.1, 0.15) is 37.6 Å². The number of methoxy groups -OCH3 is 1. The fraction of sp³-hybridized carbons (Fsp3) is 0.500. The van der Waals surface area contributed by atoms with Crippen LogP contribution in [0.4, 0.5) is 9.18 Å². The lowest BCUT2D eigenvalue weighted by Gasteiger charge is -2.19. The van der Waals surface area contributed by atoms with E-state index in [1.165, 1.54) is 13.2 Å². The second-order valence-corrected chi connectivity index (χ2v) is 5.76. The summed E-state index contributed by atoms with van der Waals surface area (Å²) in [5.74, 6) is -1.01. The lowest BCUT2D eigenvalue weighted by molar-refractivity contribution is 0.0525. The van der Waals surface area contributed by atoms with Gasteiger partial charge in [0.15, 0.2) is 0 Å². The number of hydrogen-bond donors (Lipinski definition) is 1. The Morgan fingerprint density at radius 1 is 1.26 bits per heavy atom. The monoisotopic (exact) mass is 327 g/mol. The minimum atomic E-state index is -0.605. The molecule has 0 spiro atoms. The summed E-state index contributed by atoms with van der Waals surface area (Å²) in [7, 11) is 1.24. The highest BCUT2D eigenvalue weighted by atomic mass is 19.1. The zero-order valence-corrected chi connectivity index (χ0v) is 13.8. The number of carbonyl (C=O) groups is 2. The van der Waals surface area contributed by atoms with Crippen molar-refractivity contribution < 1.29 is 28.2 Å². The van der Waals surface area contributed by atoms with Gasteiger partial charge < -0.3 is 19.5 Å². The van der Waals surface area contributed by atoms with Crippen LogP contribution in [0.25, 0.3) is 0 Å². The SMILES string of the molecule is COC(=O)c1ccc(F)cc1OCCCNC(=O)OC(C)(C)C. The van der Waals surface area contributed by atoms with E-state index in [1.807, 2.05) is 0 Å². The zero-order chi connectivity index (χ0) is 17.5. The molecule has 0 bridgehead atoms. The van der Waals surface area contributed by atoms with Gasteiger partial charge in [0, 0.05) is 12.6 Å². The average Bonchev–Trinajstić information content (AvgIpc) is 2.44. The van der Waals surface area contributed by atoms with Gasteiger partial charge in [-0.05, 0) is 39.3 Å². The Bertz CT molecular complexity index is 554. The third-order valence-electron chi connectivity index (χ3n) is 2.60. The summed E-state index contributed by atoms with van der Waals surface area (Å²) in [6.45, 7) is 5.84. The van der Waals surface area contributed by atoms with Crippen LogP contribution < -0.4 is 10.1 Å². The van der Waals surface area contributed by atoms with E-state index >= 15 is 0 Å². The molecule has 0 heterocycles. The van der Waals surface area contributed by atoms with E-state index in [0.29, 0.717) is 13.0 Å². The lowest BCUT2D eigenvalue weighted by atomic mass is 10.2. The molecular weight excluding hydrogens is 305 g/mol. The molecule has 0 fully saturated rings. The molecule has 6 nitrogen and oxygen atoms in total. The van der Waals surface area contributed by atoms with Crippen LogP contribution in [0.15, 0.2) is 18.2 Å². The highest BCUT2D eigenvalue weighted by Crippen LogP contribution is 2.21. The van der Waals surface area contributed by atoms with E-state index in [2.05, 4.69) is 10.1 Å². The molecular formula is C16H22FNO5. The Balaban J connectivity index is 2.43. The van der Waals surface area contributed by atoms with Gasteiger partial charge in [0.1, 0.15) is 22.7 Å². The summed E-state index contributed by atoms with van der Waals surface area (Å²) in [5.41, 5.74) is -0.411. The van der Waals surface area contributed by atoms with Crippen molar-refractivity contribution in [2.45, 2.75) is 32.8 Å². The number of carbonyl (C=O) groups excluding carboxylic acids is 2. The van der Waals surface area contributed by atoms with Gasteiger partial charge in [0.05, 0.1) is 13.7 Å². The number of rotatable bonds is 6. The summed E-state index contributed by atoms with van der Waals surface area (Å²) in [6.07, 6.45) is -0.0467. The summed E-state index contributed by atoms with van der Waals surface area (Å²) >= 11 is 0. The van der Waals surface area contributed by atoms with E-state index < -0.39 is 23.5 Å². The normalized spacial score (nSPS) is 10.8. The summed E-state index contributed by atoms with van der Waals surface area (Å²) in [5, 5.41) is 2.58. The summed E-state index contributed by atoms with van der Waals surface area (Å²) in [4.78, 5) is 23.0. The van der Waals surface area contributed by atoms with E-state index in [4.69, 9.17) is 9.47 Å². The van der Waals surface area contributed by atoms with Crippen LogP contribution in [-0.4, -0.2) is 37.9 Å². The highest BCUT2D eigenvalue weighted by molar-refractivity contribution is 5.92. The second kappa shape index (κ2) is 8.36. The van der Waals surface area contributed by atoms with Gasteiger partial charge in [-0.1, -0.05) is 0 Å². The van der Waals surface area contributed by atoms with Gasteiger partial charge >= 0.3 is 12.1 Å². The van der Waals surface area contributed by atoms with E-state index in [0.717, 1.165) is 12.1 Å². The molecule has 0 aliphatic rings. The first-order chi connectivity index (χ1) is 10.7. The van der Waals surface area contributed by atoms with Crippen molar-refractivity contribution in [3.05, 3.63) is 29.6 Å². The number of nitrogens with one attached hydrogen (secondary N) is 1. The molecule has 128 valence electrons. The molecule has 0 saturated carbocycles. The molecule has 1 aromatic rings. The van der Waals surface area contributed by atoms with Gasteiger partial charge in [0.2, 0.25) is 0 Å². The average molecular weight is 327 g/mol. The van der Waals surface area contributed by atoms with Gasteiger partial charge in [-0.3, -0.25) is 0 Å². The number of ether oxygens (including phenoxy) is 3. The number of alkyl carbamates (subject to hydrolysis) is 1. The van der Waals surface area contributed by atoms with Crippen molar-refractivity contribution in [1.29, 1.82) is 0 Å². The molecule has 0 radical (unpaired) electrons. The van der Waals surface area contributed by atoms with E-state index in [9.17, 15) is 14.0 Å². The molecule has 0 unspecified atom stereocenters. The quantitative estimate of drug-likeness (QED) is 0.642. The van der Waals surface area contributed by atoms with Gasteiger partial charge in [-0.25, -0.2) is 14.0 Å². The third-order valence-corrected chi connectivity index (χ3v) is 2.60. The predicted molar refractivity (Wildman–Crippen MR) is 82.1 cm³/mol. The molecule has 0 aliphatic carbocycles. The number of benzene rings is 1. The first-order valence-corrected chi connectivity index (χ1v) is 7.20. The zero-order valence-electron chi connectivity index (χ0n) is 13.8. The van der Waals surface area contributed by atoms with Crippen LogP contribution in [0.3, 0.4) is 0 Å². The van der Waals surface area contributed by atoms with Crippen LogP contribution in [0.5, 0.6) is 5.75 Å². The molecule has 0 aliphatic heterocycles. The molecule has 0 aromatic heterocycles. The Morgan fingerprint density at radius 2 is 1.96 bits per heavy atom. The Morgan fingerprint density at radius 3 is 2.57 bits per heavy atom. The highest BCUT2D eigenvalue weighted by Gasteiger charge is 2.16. The third kappa shape index (κ3) is 6.99. The molecule has 1 amide bonds. The predicted octanol–water partition coefficient (Wildman–Crippen LogP) is 2.91. The van der Waals surface area contributed by atoms with Crippen molar-refractivity contribution in [2.75, 3.05) is 20.3 Å². The van der Waals surface area contributed by atoms with Crippen LogP contribution in [-0.2, 0) is 9.47 Å². The first kappa shape index (κ1) is 18.7. The minimum Gasteiger partial charge on any atom is -0.493 e. The molecule has 0 atom stereocenters. The summed E-state index contributed by atoms with van der Waals surface area (Å²) < 4.78 is 28.3. The number of hydrogen-bond acceptors (Lipinski definition) is 5. The van der Waals surface area contributed by atoms with E-state index in [1.54, 1.807) is 20.8 Å². The Labute approximate surface area is 134 Å². The van der Waals surface area contributed by atoms with Gasteiger partial charge in [0.25, 0.3) is 0 Å².